The first-order chi connectivity index (χ1) is 10.7. The number of nitrogens with zero attached hydrogens (tertiary/aromatic N) is 3. The lowest BCUT2D eigenvalue weighted by Gasteiger charge is -2.29. The van der Waals surface area contributed by atoms with Crippen molar-refractivity contribution in [3.05, 3.63) is 17.5 Å². The van der Waals surface area contributed by atoms with Crippen LogP contribution in [0.4, 0.5) is 0 Å². The number of ether oxygens (including phenoxy) is 1. The molecular weight excluding hydrogens is 286 g/mol. The van der Waals surface area contributed by atoms with Gasteiger partial charge in [-0.3, -0.25) is 14.5 Å². The van der Waals surface area contributed by atoms with E-state index < -0.39 is 5.41 Å². The fraction of sp³-hybridized carbons (Fsp3) is 0.733. The van der Waals surface area contributed by atoms with Crippen molar-refractivity contribution >= 4 is 5.91 Å². The van der Waals surface area contributed by atoms with Crippen molar-refractivity contribution in [2.24, 2.45) is 11.3 Å². The molecule has 4 heterocycles. The molecule has 22 heavy (non-hydrogen) atoms. The first-order valence-electron chi connectivity index (χ1n) is 7.84. The van der Waals surface area contributed by atoms with Crippen LogP contribution in [-0.4, -0.2) is 60.5 Å². The van der Waals surface area contributed by atoms with Crippen molar-refractivity contribution in [2.75, 3.05) is 39.5 Å². The van der Waals surface area contributed by atoms with Gasteiger partial charge in [0.25, 0.3) is 5.91 Å². The summed E-state index contributed by atoms with van der Waals surface area (Å²) in [5.74, 6) is 1.14. The molecule has 7 nitrogen and oxygen atoms in total. The molecular formula is C15H21N3O4. The van der Waals surface area contributed by atoms with E-state index in [0.29, 0.717) is 39.5 Å². The smallest absolute Gasteiger partial charge is 0.256 e. The summed E-state index contributed by atoms with van der Waals surface area (Å²) in [6.07, 6.45) is 0.912. The summed E-state index contributed by atoms with van der Waals surface area (Å²) < 4.78 is 10.8. The number of hydroxylamine groups is 2. The molecule has 120 valence electrons. The molecule has 7 heteroatoms. The van der Waals surface area contributed by atoms with Gasteiger partial charge in [-0.2, -0.15) is 0 Å². The number of carbonyl (C=O) groups excluding carboxylic acids is 1. The van der Waals surface area contributed by atoms with Crippen molar-refractivity contribution in [1.82, 2.24) is 15.1 Å². The Morgan fingerprint density at radius 1 is 1.55 bits per heavy atom. The van der Waals surface area contributed by atoms with E-state index in [-0.39, 0.29) is 11.8 Å². The number of likely N-dealkylation sites (tertiary alicyclic amines) is 1. The maximum Gasteiger partial charge on any atom is 0.256 e. The zero-order chi connectivity index (χ0) is 15.2. The minimum absolute atomic E-state index is 0.0892. The Hall–Kier alpha value is -1.44. The zero-order valence-electron chi connectivity index (χ0n) is 12.8. The summed E-state index contributed by atoms with van der Waals surface area (Å²) >= 11 is 0. The number of hydrogen-bond acceptors (Lipinski definition) is 6. The van der Waals surface area contributed by atoms with Gasteiger partial charge >= 0.3 is 0 Å². The maximum absolute atomic E-state index is 12.9. The van der Waals surface area contributed by atoms with E-state index in [2.05, 4.69) is 10.1 Å². The van der Waals surface area contributed by atoms with Crippen molar-refractivity contribution in [2.45, 2.75) is 19.9 Å². The predicted octanol–water partition coefficient (Wildman–Crippen LogP) is 0.595. The lowest BCUT2D eigenvalue weighted by Crippen LogP contribution is -2.47. The number of fused-ring (bicyclic) bond motifs is 1. The Labute approximate surface area is 129 Å². The van der Waals surface area contributed by atoms with Crippen LogP contribution < -0.4 is 0 Å². The second-order valence-corrected chi connectivity index (χ2v) is 6.56. The van der Waals surface area contributed by atoms with Crippen LogP contribution in [0.25, 0.3) is 0 Å². The Kier molecular flexibility index (Phi) is 3.43. The molecule has 3 fully saturated rings. The summed E-state index contributed by atoms with van der Waals surface area (Å²) in [5.41, 5.74) is 0.460. The van der Waals surface area contributed by atoms with E-state index in [0.717, 1.165) is 24.4 Å². The maximum atomic E-state index is 12.9. The molecule has 2 atom stereocenters. The number of rotatable bonds is 3. The molecule has 0 aliphatic carbocycles. The van der Waals surface area contributed by atoms with Crippen LogP contribution in [0.5, 0.6) is 0 Å². The molecule has 0 aromatic carbocycles. The number of aryl methyl sites for hydroxylation is 1. The minimum Gasteiger partial charge on any atom is -0.380 e. The van der Waals surface area contributed by atoms with Gasteiger partial charge in [-0.1, -0.05) is 5.16 Å². The van der Waals surface area contributed by atoms with Gasteiger partial charge in [0.2, 0.25) is 0 Å². The number of amides is 1. The third kappa shape index (κ3) is 2.24. The third-order valence-corrected chi connectivity index (χ3v) is 4.91. The molecule has 3 aliphatic heterocycles. The van der Waals surface area contributed by atoms with Gasteiger partial charge in [0.05, 0.1) is 37.5 Å². The monoisotopic (exact) mass is 307 g/mol. The van der Waals surface area contributed by atoms with Gasteiger partial charge < -0.3 is 9.26 Å². The summed E-state index contributed by atoms with van der Waals surface area (Å²) in [4.78, 5) is 20.7. The van der Waals surface area contributed by atoms with Gasteiger partial charge in [0.15, 0.2) is 0 Å². The second-order valence-electron chi connectivity index (χ2n) is 6.56. The quantitative estimate of drug-likeness (QED) is 0.814. The lowest BCUT2D eigenvalue weighted by atomic mass is 9.80. The molecule has 1 aromatic heterocycles. The first-order valence-corrected chi connectivity index (χ1v) is 7.84. The Bertz CT molecular complexity index is 569. The van der Waals surface area contributed by atoms with Crippen LogP contribution in [0.2, 0.25) is 0 Å². The van der Waals surface area contributed by atoms with Crippen molar-refractivity contribution in [3.63, 3.8) is 0 Å². The normalized spacial score (nSPS) is 31.9. The van der Waals surface area contributed by atoms with E-state index in [1.807, 2.05) is 13.0 Å². The van der Waals surface area contributed by atoms with Crippen LogP contribution in [-0.2, 0) is 20.9 Å². The standard InChI is InChI=1S/C15H21N3O4/c1-11-5-13(16-22-11)7-17-6-12-8-20-10-15(12,9-17)14(19)18-3-2-4-21-18/h5,12H,2-4,6-10H2,1H3/t12-,15-/m1/s1. The largest absolute Gasteiger partial charge is 0.380 e. The Morgan fingerprint density at radius 2 is 2.45 bits per heavy atom. The zero-order valence-corrected chi connectivity index (χ0v) is 12.8. The number of carbonyl (C=O) groups is 1. The predicted molar refractivity (Wildman–Crippen MR) is 75.5 cm³/mol. The highest BCUT2D eigenvalue weighted by Crippen LogP contribution is 2.43. The minimum atomic E-state index is -0.455. The molecule has 3 aliphatic rings. The molecule has 4 rings (SSSR count). The average Bonchev–Trinajstić information content (AvgIpc) is 3.22. The van der Waals surface area contributed by atoms with Crippen LogP contribution >= 0.6 is 0 Å². The Balaban J connectivity index is 1.50. The molecule has 0 bridgehead atoms. The van der Waals surface area contributed by atoms with Crippen LogP contribution in [0.1, 0.15) is 17.9 Å². The molecule has 0 unspecified atom stereocenters. The highest BCUT2D eigenvalue weighted by Gasteiger charge is 2.57. The third-order valence-electron chi connectivity index (χ3n) is 4.91. The topological polar surface area (TPSA) is 68.0 Å². The van der Waals surface area contributed by atoms with E-state index in [1.54, 1.807) is 5.06 Å². The lowest BCUT2D eigenvalue weighted by molar-refractivity contribution is -0.181. The van der Waals surface area contributed by atoms with Crippen LogP contribution in [0.15, 0.2) is 10.6 Å². The highest BCUT2D eigenvalue weighted by atomic mass is 16.7. The van der Waals surface area contributed by atoms with Gasteiger partial charge in [0.1, 0.15) is 5.76 Å². The Morgan fingerprint density at radius 3 is 3.18 bits per heavy atom. The van der Waals surface area contributed by atoms with Gasteiger partial charge in [0, 0.05) is 31.6 Å². The summed E-state index contributed by atoms with van der Waals surface area (Å²) in [6.45, 7) is 6.61. The molecule has 3 saturated heterocycles. The average molecular weight is 307 g/mol. The summed E-state index contributed by atoms with van der Waals surface area (Å²) in [6, 6.07) is 1.95. The second kappa shape index (κ2) is 5.33. The molecule has 1 amide bonds. The van der Waals surface area contributed by atoms with Crippen LogP contribution in [0.3, 0.4) is 0 Å². The first kappa shape index (κ1) is 14.2. The summed E-state index contributed by atoms with van der Waals surface area (Å²) in [7, 11) is 0. The van der Waals surface area contributed by atoms with E-state index in [4.69, 9.17) is 14.1 Å². The van der Waals surface area contributed by atoms with Gasteiger partial charge in [-0.15, -0.1) is 0 Å². The van der Waals surface area contributed by atoms with E-state index in [1.165, 1.54) is 0 Å². The van der Waals surface area contributed by atoms with Crippen molar-refractivity contribution < 1.29 is 18.9 Å². The SMILES string of the molecule is Cc1cc(CN2C[C@@H]3COC[C@]3(C(=O)N3CCCO3)C2)no1. The molecule has 0 saturated carbocycles. The van der Waals surface area contributed by atoms with Crippen LogP contribution in [0, 0.1) is 18.3 Å². The van der Waals surface area contributed by atoms with Crippen molar-refractivity contribution in [1.29, 1.82) is 0 Å². The highest BCUT2D eigenvalue weighted by molar-refractivity contribution is 5.83. The number of aromatic nitrogens is 1. The molecule has 1 aromatic rings. The molecule has 0 N–H and O–H groups in total. The number of hydrogen-bond donors (Lipinski definition) is 0. The fourth-order valence-corrected chi connectivity index (χ4v) is 3.84. The molecule has 0 radical (unpaired) electrons. The fourth-order valence-electron chi connectivity index (χ4n) is 3.84. The molecule has 0 spiro atoms. The van der Waals surface area contributed by atoms with Gasteiger partial charge in [-0.25, -0.2) is 5.06 Å². The van der Waals surface area contributed by atoms with Gasteiger partial charge in [-0.05, 0) is 13.3 Å². The van der Waals surface area contributed by atoms with Crippen molar-refractivity contribution in [3.8, 4) is 0 Å². The van der Waals surface area contributed by atoms with E-state index in [9.17, 15) is 4.79 Å². The van der Waals surface area contributed by atoms with E-state index >= 15 is 0 Å². The summed E-state index contributed by atoms with van der Waals surface area (Å²) in [5, 5.41) is 5.60.